The van der Waals surface area contributed by atoms with Gasteiger partial charge in [-0.2, -0.15) is 4.98 Å². The Bertz CT molecular complexity index is 917. The van der Waals surface area contributed by atoms with Crippen molar-refractivity contribution in [2.45, 2.75) is 40.7 Å². The Morgan fingerprint density at radius 2 is 1.56 bits per heavy atom. The summed E-state index contributed by atoms with van der Waals surface area (Å²) >= 11 is 0. The van der Waals surface area contributed by atoms with Crippen LogP contribution < -0.4 is 15.4 Å². The fraction of sp³-hybridized carbons (Fsp3) is 0.273. The first-order valence-electron chi connectivity index (χ1n) is 9.13. The Balaban J connectivity index is 1.86. The number of para-hydroxylation sites is 2. The molecule has 2 aromatic carbocycles. The largest absolute Gasteiger partial charge is 0.489 e. The molecule has 0 atom stereocenters. The molecule has 0 aliphatic heterocycles. The van der Waals surface area contributed by atoms with Crippen molar-refractivity contribution < 1.29 is 4.74 Å². The second-order valence-electron chi connectivity index (χ2n) is 7.01. The molecule has 3 rings (SSSR count). The second-order valence-corrected chi connectivity index (χ2v) is 7.01. The van der Waals surface area contributed by atoms with Crippen LogP contribution in [0.5, 0.6) is 5.75 Å². The fourth-order valence-electron chi connectivity index (χ4n) is 2.93. The third kappa shape index (κ3) is 5.20. The molecule has 27 heavy (non-hydrogen) atoms. The molecule has 1 heterocycles. The normalized spacial score (nSPS) is 10.7. The lowest BCUT2D eigenvalue weighted by Gasteiger charge is -2.16. The average molecular weight is 362 g/mol. The van der Waals surface area contributed by atoms with Crippen LogP contribution in [0.2, 0.25) is 0 Å². The van der Waals surface area contributed by atoms with Gasteiger partial charge in [0.05, 0.1) is 11.8 Å². The van der Waals surface area contributed by atoms with E-state index in [0.29, 0.717) is 11.8 Å². The van der Waals surface area contributed by atoms with Gasteiger partial charge in [-0.05, 0) is 70.0 Å². The molecule has 140 valence electrons. The van der Waals surface area contributed by atoms with Crippen LogP contribution >= 0.6 is 0 Å². The molecule has 0 fully saturated rings. The van der Waals surface area contributed by atoms with E-state index in [1.54, 1.807) is 0 Å². The van der Waals surface area contributed by atoms with Gasteiger partial charge in [-0.25, -0.2) is 4.98 Å². The number of ether oxygens (including phenoxy) is 1. The third-order valence-electron chi connectivity index (χ3n) is 3.84. The zero-order chi connectivity index (χ0) is 19.4. The zero-order valence-electron chi connectivity index (χ0n) is 16.5. The van der Waals surface area contributed by atoms with E-state index in [1.165, 1.54) is 11.1 Å². The molecule has 0 saturated heterocycles. The SMILES string of the molecule is Cc1cc(C)cc(Nc2nc(C)cc(Nc3ccccc3OC(C)C)n2)c1. The Morgan fingerprint density at radius 3 is 2.26 bits per heavy atom. The van der Waals surface area contributed by atoms with Crippen LogP contribution in [-0.4, -0.2) is 16.1 Å². The lowest BCUT2D eigenvalue weighted by Crippen LogP contribution is -2.08. The number of aryl methyl sites for hydroxylation is 3. The van der Waals surface area contributed by atoms with Gasteiger partial charge in [0, 0.05) is 17.4 Å². The van der Waals surface area contributed by atoms with Crippen LogP contribution in [-0.2, 0) is 0 Å². The molecule has 5 heteroatoms. The van der Waals surface area contributed by atoms with E-state index >= 15 is 0 Å². The first-order valence-corrected chi connectivity index (χ1v) is 9.13. The monoisotopic (exact) mass is 362 g/mol. The minimum atomic E-state index is 0.0990. The van der Waals surface area contributed by atoms with Crippen molar-refractivity contribution in [2.24, 2.45) is 0 Å². The van der Waals surface area contributed by atoms with E-state index < -0.39 is 0 Å². The molecule has 0 aliphatic rings. The first kappa shape index (κ1) is 18.7. The molecular weight excluding hydrogens is 336 g/mol. The lowest BCUT2D eigenvalue weighted by atomic mass is 10.1. The maximum Gasteiger partial charge on any atom is 0.229 e. The third-order valence-corrected chi connectivity index (χ3v) is 3.84. The van der Waals surface area contributed by atoms with Gasteiger partial charge in [0.25, 0.3) is 0 Å². The number of hydrogen-bond acceptors (Lipinski definition) is 5. The molecule has 0 saturated carbocycles. The quantitative estimate of drug-likeness (QED) is 0.591. The van der Waals surface area contributed by atoms with Crippen LogP contribution in [0.4, 0.5) is 23.1 Å². The Labute approximate surface area is 160 Å². The van der Waals surface area contributed by atoms with Gasteiger partial charge in [-0.15, -0.1) is 0 Å². The van der Waals surface area contributed by atoms with Crippen molar-refractivity contribution in [3.8, 4) is 5.75 Å². The molecule has 0 unspecified atom stereocenters. The molecule has 3 aromatic rings. The molecule has 0 spiro atoms. The van der Waals surface area contributed by atoms with Gasteiger partial charge in [0.1, 0.15) is 11.6 Å². The van der Waals surface area contributed by atoms with Crippen molar-refractivity contribution in [3.63, 3.8) is 0 Å². The number of hydrogen-bond donors (Lipinski definition) is 2. The molecule has 0 radical (unpaired) electrons. The maximum absolute atomic E-state index is 5.88. The average Bonchev–Trinajstić information content (AvgIpc) is 2.54. The van der Waals surface area contributed by atoms with Crippen LogP contribution in [0.1, 0.15) is 30.7 Å². The molecule has 0 bridgehead atoms. The number of aromatic nitrogens is 2. The van der Waals surface area contributed by atoms with Crippen molar-refractivity contribution in [2.75, 3.05) is 10.6 Å². The topological polar surface area (TPSA) is 59.1 Å². The van der Waals surface area contributed by atoms with Crippen molar-refractivity contribution >= 4 is 23.1 Å². The molecule has 2 N–H and O–H groups in total. The van der Waals surface area contributed by atoms with Crippen LogP contribution in [0.3, 0.4) is 0 Å². The van der Waals surface area contributed by atoms with E-state index in [4.69, 9.17) is 4.74 Å². The summed E-state index contributed by atoms with van der Waals surface area (Å²) in [6.07, 6.45) is 0.0990. The molecule has 5 nitrogen and oxygen atoms in total. The van der Waals surface area contributed by atoms with Gasteiger partial charge in [-0.1, -0.05) is 18.2 Å². The molecule has 0 aliphatic carbocycles. The lowest BCUT2D eigenvalue weighted by molar-refractivity contribution is 0.244. The first-order chi connectivity index (χ1) is 12.9. The Hall–Kier alpha value is -3.08. The smallest absolute Gasteiger partial charge is 0.229 e. The van der Waals surface area contributed by atoms with Crippen LogP contribution in [0.15, 0.2) is 48.5 Å². The number of nitrogens with zero attached hydrogens (tertiary/aromatic N) is 2. The Kier molecular flexibility index (Phi) is 5.60. The van der Waals surface area contributed by atoms with E-state index in [1.807, 2.05) is 51.1 Å². The zero-order valence-corrected chi connectivity index (χ0v) is 16.5. The van der Waals surface area contributed by atoms with E-state index in [2.05, 4.69) is 52.6 Å². The van der Waals surface area contributed by atoms with E-state index in [0.717, 1.165) is 22.8 Å². The summed E-state index contributed by atoms with van der Waals surface area (Å²) < 4.78 is 5.88. The summed E-state index contributed by atoms with van der Waals surface area (Å²) in [5, 5.41) is 6.66. The number of nitrogens with one attached hydrogen (secondary N) is 2. The number of anilines is 4. The summed E-state index contributed by atoms with van der Waals surface area (Å²) in [5.41, 5.74) is 5.13. The summed E-state index contributed by atoms with van der Waals surface area (Å²) in [6, 6.07) is 16.1. The Morgan fingerprint density at radius 1 is 0.852 bits per heavy atom. The highest BCUT2D eigenvalue weighted by Crippen LogP contribution is 2.28. The number of rotatable bonds is 6. The van der Waals surface area contributed by atoms with Crippen molar-refractivity contribution in [3.05, 3.63) is 65.4 Å². The van der Waals surface area contributed by atoms with Gasteiger partial charge in [0.2, 0.25) is 5.95 Å². The fourth-order valence-corrected chi connectivity index (χ4v) is 2.93. The molecular formula is C22H26N4O. The summed E-state index contributed by atoms with van der Waals surface area (Å²) in [4.78, 5) is 9.12. The predicted octanol–water partition coefficient (Wildman–Crippen LogP) is 5.68. The summed E-state index contributed by atoms with van der Waals surface area (Å²) in [6.45, 7) is 10.1. The van der Waals surface area contributed by atoms with Crippen LogP contribution in [0, 0.1) is 20.8 Å². The standard InChI is InChI=1S/C22H26N4O/c1-14(2)27-20-9-7-6-8-19(20)25-21-13-17(5)23-22(26-21)24-18-11-15(3)10-16(4)12-18/h6-14H,1-5H3,(H2,23,24,25,26). The minimum absolute atomic E-state index is 0.0990. The summed E-state index contributed by atoms with van der Waals surface area (Å²) in [5.74, 6) is 2.08. The van der Waals surface area contributed by atoms with E-state index in [-0.39, 0.29) is 6.10 Å². The highest BCUT2D eigenvalue weighted by atomic mass is 16.5. The molecule has 0 amide bonds. The highest BCUT2D eigenvalue weighted by Gasteiger charge is 2.08. The van der Waals surface area contributed by atoms with Gasteiger partial charge in [-0.3, -0.25) is 0 Å². The van der Waals surface area contributed by atoms with Gasteiger partial charge >= 0.3 is 0 Å². The van der Waals surface area contributed by atoms with Gasteiger partial charge in [0.15, 0.2) is 0 Å². The summed E-state index contributed by atoms with van der Waals surface area (Å²) in [7, 11) is 0. The van der Waals surface area contributed by atoms with E-state index in [9.17, 15) is 0 Å². The molecule has 1 aromatic heterocycles. The maximum atomic E-state index is 5.88. The second kappa shape index (κ2) is 8.08. The number of benzene rings is 2. The van der Waals surface area contributed by atoms with Gasteiger partial charge < -0.3 is 15.4 Å². The van der Waals surface area contributed by atoms with Crippen LogP contribution in [0.25, 0.3) is 0 Å². The highest BCUT2D eigenvalue weighted by molar-refractivity contribution is 5.65. The van der Waals surface area contributed by atoms with Crippen molar-refractivity contribution in [1.82, 2.24) is 9.97 Å². The predicted molar refractivity (Wildman–Crippen MR) is 111 cm³/mol. The van der Waals surface area contributed by atoms with Crippen molar-refractivity contribution in [1.29, 1.82) is 0 Å². The minimum Gasteiger partial charge on any atom is -0.489 e.